The lowest BCUT2D eigenvalue weighted by Gasteiger charge is -1.95. The number of nitrogens with zero attached hydrogens (tertiary/aromatic N) is 1. The first kappa shape index (κ1) is 8.55. The van der Waals surface area contributed by atoms with Gasteiger partial charge in [0, 0.05) is 6.07 Å². The summed E-state index contributed by atoms with van der Waals surface area (Å²) in [6.45, 7) is 0. The van der Waals surface area contributed by atoms with Gasteiger partial charge >= 0.3 is 11.9 Å². The SMILES string of the molecule is COc1ccc2nc(C(=O)O)oc2c1. The molecule has 0 saturated carbocycles. The molecule has 1 aromatic carbocycles. The van der Waals surface area contributed by atoms with Crippen molar-refractivity contribution in [2.75, 3.05) is 7.11 Å². The number of fused-ring (bicyclic) bond motifs is 1. The van der Waals surface area contributed by atoms with Crippen LogP contribution in [0.15, 0.2) is 22.6 Å². The minimum atomic E-state index is -1.18. The van der Waals surface area contributed by atoms with Gasteiger partial charge in [-0.05, 0) is 12.1 Å². The second-order valence-corrected chi connectivity index (χ2v) is 2.66. The molecule has 1 aromatic heterocycles. The summed E-state index contributed by atoms with van der Waals surface area (Å²) in [7, 11) is 1.52. The van der Waals surface area contributed by atoms with Crippen LogP contribution in [0.1, 0.15) is 10.7 Å². The first-order chi connectivity index (χ1) is 6.70. The number of carboxylic acid groups (broad SMARTS) is 1. The molecule has 14 heavy (non-hydrogen) atoms. The summed E-state index contributed by atoms with van der Waals surface area (Å²) in [5, 5.41) is 8.62. The van der Waals surface area contributed by atoms with Crippen molar-refractivity contribution >= 4 is 17.1 Å². The third-order valence-electron chi connectivity index (χ3n) is 1.78. The molecular formula is C9H7NO4. The van der Waals surface area contributed by atoms with Crippen molar-refractivity contribution in [1.29, 1.82) is 0 Å². The summed E-state index contributed by atoms with van der Waals surface area (Å²) in [6, 6.07) is 4.93. The van der Waals surface area contributed by atoms with Crippen molar-refractivity contribution in [3.63, 3.8) is 0 Å². The minimum absolute atomic E-state index is 0.312. The van der Waals surface area contributed by atoms with Gasteiger partial charge in [0.2, 0.25) is 0 Å². The van der Waals surface area contributed by atoms with Crippen LogP contribution in [-0.2, 0) is 0 Å². The van der Waals surface area contributed by atoms with Crippen molar-refractivity contribution in [3.05, 3.63) is 24.1 Å². The fourth-order valence-electron chi connectivity index (χ4n) is 1.12. The van der Waals surface area contributed by atoms with E-state index >= 15 is 0 Å². The van der Waals surface area contributed by atoms with E-state index in [0.717, 1.165) is 0 Å². The summed E-state index contributed by atoms with van der Waals surface area (Å²) in [5.74, 6) is -0.890. The van der Waals surface area contributed by atoms with Gasteiger partial charge < -0.3 is 14.3 Å². The van der Waals surface area contributed by atoms with E-state index in [1.807, 2.05) is 0 Å². The number of hydrogen-bond acceptors (Lipinski definition) is 4. The number of aromatic nitrogens is 1. The van der Waals surface area contributed by atoms with Crippen LogP contribution in [0.5, 0.6) is 5.75 Å². The lowest BCUT2D eigenvalue weighted by atomic mass is 10.3. The second-order valence-electron chi connectivity index (χ2n) is 2.66. The Morgan fingerprint density at radius 3 is 3.00 bits per heavy atom. The van der Waals surface area contributed by atoms with E-state index in [-0.39, 0.29) is 5.89 Å². The number of oxazole rings is 1. The summed E-state index contributed by atoms with van der Waals surface area (Å²) in [5.41, 5.74) is 0.907. The van der Waals surface area contributed by atoms with E-state index in [1.165, 1.54) is 7.11 Å². The molecule has 0 bridgehead atoms. The fraction of sp³-hybridized carbons (Fsp3) is 0.111. The zero-order valence-electron chi connectivity index (χ0n) is 7.35. The summed E-state index contributed by atoms with van der Waals surface area (Å²) in [6.07, 6.45) is 0. The average molecular weight is 193 g/mol. The maximum absolute atomic E-state index is 10.5. The van der Waals surface area contributed by atoms with E-state index in [4.69, 9.17) is 14.3 Å². The monoisotopic (exact) mass is 193 g/mol. The molecule has 0 aliphatic rings. The predicted molar refractivity (Wildman–Crippen MR) is 47.5 cm³/mol. The normalized spacial score (nSPS) is 10.4. The number of hydrogen-bond donors (Lipinski definition) is 1. The molecule has 2 rings (SSSR count). The van der Waals surface area contributed by atoms with Crippen LogP contribution in [0.3, 0.4) is 0 Å². The lowest BCUT2D eigenvalue weighted by molar-refractivity contribution is 0.0656. The number of aromatic carboxylic acids is 1. The van der Waals surface area contributed by atoms with Gasteiger partial charge in [-0.25, -0.2) is 9.78 Å². The van der Waals surface area contributed by atoms with E-state index in [0.29, 0.717) is 16.8 Å². The Morgan fingerprint density at radius 1 is 1.57 bits per heavy atom. The molecule has 0 atom stereocenters. The van der Waals surface area contributed by atoms with Crippen LogP contribution in [0.4, 0.5) is 0 Å². The van der Waals surface area contributed by atoms with Gasteiger partial charge in [0.1, 0.15) is 11.3 Å². The van der Waals surface area contributed by atoms with Crippen LogP contribution < -0.4 is 4.74 Å². The maximum Gasteiger partial charge on any atom is 0.392 e. The molecule has 0 amide bonds. The van der Waals surface area contributed by atoms with E-state index in [1.54, 1.807) is 18.2 Å². The van der Waals surface area contributed by atoms with Gasteiger partial charge in [-0.1, -0.05) is 0 Å². The van der Waals surface area contributed by atoms with Gasteiger partial charge in [-0.3, -0.25) is 0 Å². The Bertz CT molecular complexity index is 489. The van der Waals surface area contributed by atoms with Crippen LogP contribution in [-0.4, -0.2) is 23.2 Å². The molecule has 0 fully saturated rings. The minimum Gasteiger partial charge on any atom is -0.497 e. The van der Waals surface area contributed by atoms with Crippen LogP contribution in [0, 0.1) is 0 Å². The highest BCUT2D eigenvalue weighted by Crippen LogP contribution is 2.21. The number of ether oxygens (including phenoxy) is 1. The number of carbonyl (C=O) groups is 1. The zero-order valence-corrected chi connectivity index (χ0v) is 7.35. The molecule has 0 spiro atoms. The quantitative estimate of drug-likeness (QED) is 0.782. The topological polar surface area (TPSA) is 72.6 Å². The van der Waals surface area contributed by atoms with Gasteiger partial charge in [-0.2, -0.15) is 0 Å². The molecule has 2 aromatic rings. The van der Waals surface area contributed by atoms with Crippen LogP contribution >= 0.6 is 0 Å². The zero-order chi connectivity index (χ0) is 10.1. The molecular weight excluding hydrogens is 186 g/mol. The molecule has 5 heteroatoms. The molecule has 0 unspecified atom stereocenters. The Morgan fingerprint density at radius 2 is 2.36 bits per heavy atom. The van der Waals surface area contributed by atoms with Gasteiger partial charge in [0.15, 0.2) is 5.58 Å². The molecule has 1 heterocycles. The van der Waals surface area contributed by atoms with Gasteiger partial charge in [0.05, 0.1) is 7.11 Å². The highest BCUT2D eigenvalue weighted by molar-refractivity contribution is 5.86. The van der Waals surface area contributed by atoms with Crippen molar-refractivity contribution in [2.24, 2.45) is 0 Å². The standard InChI is InChI=1S/C9H7NO4/c1-13-5-2-3-6-7(4-5)14-8(10-6)9(11)12/h2-4H,1H3,(H,11,12). The van der Waals surface area contributed by atoms with Crippen molar-refractivity contribution in [2.45, 2.75) is 0 Å². The maximum atomic E-state index is 10.5. The van der Waals surface area contributed by atoms with E-state index in [9.17, 15) is 4.79 Å². The lowest BCUT2D eigenvalue weighted by Crippen LogP contribution is -1.94. The highest BCUT2D eigenvalue weighted by Gasteiger charge is 2.12. The molecule has 5 nitrogen and oxygen atoms in total. The smallest absolute Gasteiger partial charge is 0.392 e. The molecule has 72 valence electrons. The Balaban J connectivity index is 2.60. The number of methoxy groups -OCH3 is 1. The first-order valence-corrected chi connectivity index (χ1v) is 3.88. The Kier molecular flexibility index (Phi) is 1.85. The molecule has 0 saturated heterocycles. The van der Waals surface area contributed by atoms with Crippen molar-refractivity contribution in [3.8, 4) is 5.75 Å². The van der Waals surface area contributed by atoms with E-state index in [2.05, 4.69) is 4.98 Å². The van der Waals surface area contributed by atoms with Crippen molar-refractivity contribution < 1.29 is 19.1 Å². The van der Waals surface area contributed by atoms with Crippen LogP contribution in [0.2, 0.25) is 0 Å². The van der Waals surface area contributed by atoms with E-state index < -0.39 is 5.97 Å². The van der Waals surface area contributed by atoms with Gasteiger partial charge in [0.25, 0.3) is 0 Å². The highest BCUT2D eigenvalue weighted by atomic mass is 16.5. The number of carboxylic acids is 1. The Hall–Kier alpha value is -2.04. The number of rotatable bonds is 2. The van der Waals surface area contributed by atoms with Gasteiger partial charge in [-0.15, -0.1) is 0 Å². The predicted octanol–water partition coefficient (Wildman–Crippen LogP) is 1.53. The third-order valence-corrected chi connectivity index (χ3v) is 1.78. The first-order valence-electron chi connectivity index (χ1n) is 3.88. The molecule has 0 aliphatic carbocycles. The molecule has 0 aliphatic heterocycles. The summed E-state index contributed by atoms with van der Waals surface area (Å²) in [4.78, 5) is 14.3. The largest absolute Gasteiger partial charge is 0.497 e. The Labute approximate surface area is 78.9 Å². The summed E-state index contributed by atoms with van der Waals surface area (Å²) >= 11 is 0. The molecule has 1 N–H and O–H groups in total. The average Bonchev–Trinajstić information content (AvgIpc) is 2.59. The summed E-state index contributed by atoms with van der Waals surface area (Å²) < 4.78 is 9.94. The van der Waals surface area contributed by atoms with Crippen molar-refractivity contribution in [1.82, 2.24) is 4.98 Å². The fourth-order valence-corrected chi connectivity index (χ4v) is 1.12. The molecule has 0 radical (unpaired) electrons. The second kappa shape index (κ2) is 3.02. The third kappa shape index (κ3) is 1.28. The van der Waals surface area contributed by atoms with Crippen LogP contribution in [0.25, 0.3) is 11.1 Å². The number of benzene rings is 1.